The van der Waals surface area contributed by atoms with Gasteiger partial charge in [0.1, 0.15) is 12.4 Å². The molecule has 0 atom stereocenters. The molecule has 2 aromatic carbocycles. The van der Waals surface area contributed by atoms with Gasteiger partial charge in [-0.15, -0.1) is 16.8 Å². The van der Waals surface area contributed by atoms with Crippen molar-refractivity contribution in [1.82, 2.24) is 19.7 Å². The van der Waals surface area contributed by atoms with Gasteiger partial charge in [0, 0.05) is 6.54 Å². The SMILES string of the molecule is C=CCn1c(COc2ccccc2C)nnc1SCC(=O)Nc1nc2ccccc2s1. The van der Waals surface area contributed by atoms with Gasteiger partial charge < -0.3 is 10.1 Å². The lowest BCUT2D eigenvalue weighted by Crippen LogP contribution is -2.14. The summed E-state index contributed by atoms with van der Waals surface area (Å²) in [6, 6.07) is 15.6. The smallest absolute Gasteiger partial charge is 0.236 e. The van der Waals surface area contributed by atoms with Gasteiger partial charge in [0.05, 0.1) is 16.0 Å². The highest BCUT2D eigenvalue weighted by molar-refractivity contribution is 7.99. The third kappa shape index (κ3) is 5.12. The van der Waals surface area contributed by atoms with E-state index in [4.69, 9.17) is 4.74 Å². The number of fused-ring (bicyclic) bond motifs is 1. The molecular weight excluding hydrogens is 430 g/mol. The molecule has 7 nitrogen and oxygen atoms in total. The highest BCUT2D eigenvalue weighted by Gasteiger charge is 2.15. The van der Waals surface area contributed by atoms with E-state index in [1.165, 1.54) is 23.1 Å². The predicted molar refractivity (Wildman–Crippen MR) is 125 cm³/mol. The molecule has 2 aromatic heterocycles. The highest BCUT2D eigenvalue weighted by Crippen LogP contribution is 2.26. The van der Waals surface area contributed by atoms with Crippen LogP contribution in [0.1, 0.15) is 11.4 Å². The molecule has 9 heteroatoms. The van der Waals surface area contributed by atoms with E-state index >= 15 is 0 Å². The van der Waals surface area contributed by atoms with Crippen LogP contribution >= 0.6 is 23.1 Å². The van der Waals surface area contributed by atoms with Crippen LogP contribution in [0.4, 0.5) is 5.13 Å². The zero-order valence-electron chi connectivity index (χ0n) is 16.9. The number of amides is 1. The molecule has 31 heavy (non-hydrogen) atoms. The average molecular weight is 452 g/mol. The first-order valence-corrected chi connectivity index (χ1v) is 11.4. The number of hydrogen-bond acceptors (Lipinski definition) is 7. The standard InChI is InChI=1S/C22H21N5O2S2/c1-3-12-27-19(13-29-17-10-6-4-8-15(17)2)25-26-22(27)30-14-20(28)24-21-23-16-9-5-7-11-18(16)31-21/h3-11H,1,12-14H2,2H3,(H,23,24,28). The van der Waals surface area contributed by atoms with E-state index in [0.717, 1.165) is 21.5 Å². The third-order valence-corrected chi connectivity index (χ3v) is 6.35. The summed E-state index contributed by atoms with van der Waals surface area (Å²) in [6.07, 6.45) is 1.77. The number of thioether (sulfide) groups is 1. The second kappa shape index (κ2) is 9.76. The van der Waals surface area contributed by atoms with Gasteiger partial charge in [0.25, 0.3) is 0 Å². The molecule has 0 aliphatic heterocycles. The van der Waals surface area contributed by atoms with Crippen LogP contribution < -0.4 is 10.1 Å². The number of nitrogens with zero attached hydrogens (tertiary/aromatic N) is 4. The largest absolute Gasteiger partial charge is 0.485 e. The summed E-state index contributed by atoms with van der Waals surface area (Å²) < 4.78 is 8.84. The lowest BCUT2D eigenvalue weighted by atomic mass is 10.2. The Morgan fingerprint density at radius 3 is 2.84 bits per heavy atom. The molecule has 0 spiro atoms. The average Bonchev–Trinajstić information content (AvgIpc) is 3.35. The number of ether oxygens (including phenoxy) is 1. The summed E-state index contributed by atoms with van der Waals surface area (Å²) in [5.74, 6) is 1.54. The first kappa shape index (κ1) is 21.1. The van der Waals surface area contributed by atoms with Crippen LogP contribution in [0.5, 0.6) is 5.75 Å². The number of aromatic nitrogens is 4. The quantitative estimate of drug-likeness (QED) is 0.294. The number of anilines is 1. The number of hydrogen-bond donors (Lipinski definition) is 1. The maximum Gasteiger partial charge on any atom is 0.236 e. The number of carbonyl (C=O) groups excluding carboxylic acids is 1. The summed E-state index contributed by atoms with van der Waals surface area (Å²) in [7, 11) is 0. The molecule has 0 unspecified atom stereocenters. The van der Waals surface area contributed by atoms with E-state index in [9.17, 15) is 4.79 Å². The van der Waals surface area contributed by atoms with E-state index in [1.54, 1.807) is 6.08 Å². The minimum Gasteiger partial charge on any atom is -0.485 e. The highest BCUT2D eigenvalue weighted by atomic mass is 32.2. The van der Waals surface area contributed by atoms with Crippen molar-refractivity contribution in [2.75, 3.05) is 11.1 Å². The fourth-order valence-electron chi connectivity index (χ4n) is 2.92. The minimum absolute atomic E-state index is 0.144. The van der Waals surface area contributed by atoms with E-state index < -0.39 is 0 Å². The molecule has 4 rings (SSSR count). The molecule has 0 saturated carbocycles. The molecule has 0 aliphatic carbocycles. The van der Waals surface area contributed by atoms with Gasteiger partial charge in [-0.05, 0) is 30.7 Å². The Labute approximate surface area is 188 Å². The first-order chi connectivity index (χ1) is 15.1. The molecule has 2 heterocycles. The first-order valence-electron chi connectivity index (χ1n) is 9.63. The zero-order chi connectivity index (χ0) is 21.6. The van der Waals surface area contributed by atoms with Gasteiger partial charge >= 0.3 is 0 Å². The van der Waals surface area contributed by atoms with Gasteiger partial charge in [-0.2, -0.15) is 0 Å². The molecule has 158 valence electrons. The molecule has 1 N–H and O–H groups in total. The minimum atomic E-state index is -0.144. The van der Waals surface area contributed by atoms with Crippen LogP contribution in [0, 0.1) is 6.92 Å². The molecule has 0 aliphatic rings. The van der Waals surface area contributed by atoms with Crippen molar-refractivity contribution in [2.45, 2.75) is 25.2 Å². The number of allylic oxidation sites excluding steroid dienone is 1. The Morgan fingerprint density at radius 1 is 1.23 bits per heavy atom. The van der Waals surface area contributed by atoms with Crippen LogP contribution in [0.2, 0.25) is 0 Å². The van der Waals surface area contributed by atoms with Crippen molar-refractivity contribution >= 4 is 44.4 Å². The number of aryl methyl sites for hydroxylation is 1. The summed E-state index contributed by atoms with van der Waals surface area (Å²) in [5.41, 5.74) is 1.93. The zero-order valence-corrected chi connectivity index (χ0v) is 18.6. The van der Waals surface area contributed by atoms with E-state index in [1.807, 2.05) is 60.0 Å². The van der Waals surface area contributed by atoms with Crippen molar-refractivity contribution < 1.29 is 9.53 Å². The Balaban J connectivity index is 1.38. The second-order valence-electron chi connectivity index (χ2n) is 6.68. The van der Waals surface area contributed by atoms with Gasteiger partial charge in [-0.1, -0.05) is 59.5 Å². The maximum atomic E-state index is 12.4. The number of nitrogens with one attached hydrogen (secondary N) is 1. The maximum absolute atomic E-state index is 12.4. The fraction of sp³-hybridized carbons (Fsp3) is 0.182. The van der Waals surface area contributed by atoms with Crippen molar-refractivity contribution in [3.05, 3.63) is 72.6 Å². The van der Waals surface area contributed by atoms with Crippen molar-refractivity contribution in [3.63, 3.8) is 0 Å². The summed E-state index contributed by atoms with van der Waals surface area (Å²) in [5, 5.41) is 12.6. The van der Waals surface area contributed by atoms with Gasteiger partial charge in [-0.25, -0.2) is 4.98 Å². The van der Waals surface area contributed by atoms with Crippen molar-refractivity contribution in [3.8, 4) is 5.75 Å². The number of carbonyl (C=O) groups is 1. The lowest BCUT2D eigenvalue weighted by Gasteiger charge is -2.10. The Hall–Kier alpha value is -3.17. The molecule has 0 saturated heterocycles. The molecule has 0 bridgehead atoms. The molecule has 4 aromatic rings. The van der Waals surface area contributed by atoms with E-state index in [2.05, 4.69) is 27.1 Å². The van der Waals surface area contributed by atoms with Gasteiger partial charge in [0.2, 0.25) is 5.91 Å². The van der Waals surface area contributed by atoms with Crippen LogP contribution in [-0.2, 0) is 17.9 Å². The number of rotatable bonds is 9. The second-order valence-corrected chi connectivity index (χ2v) is 8.65. The molecular formula is C22H21N5O2S2. The van der Waals surface area contributed by atoms with Crippen LogP contribution in [-0.4, -0.2) is 31.4 Å². The number of thiazole rings is 1. The predicted octanol–water partition coefficient (Wildman–Crippen LogP) is 4.69. The van der Waals surface area contributed by atoms with Gasteiger partial charge in [0.15, 0.2) is 16.1 Å². The summed E-state index contributed by atoms with van der Waals surface area (Å²) in [4.78, 5) is 16.9. The number of para-hydroxylation sites is 2. The Kier molecular flexibility index (Phi) is 6.63. The molecule has 0 fully saturated rings. The molecule has 1 amide bonds. The van der Waals surface area contributed by atoms with Crippen molar-refractivity contribution in [1.29, 1.82) is 0 Å². The fourth-order valence-corrected chi connectivity index (χ4v) is 4.57. The van der Waals surface area contributed by atoms with Crippen LogP contribution in [0.25, 0.3) is 10.2 Å². The van der Waals surface area contributed by atoms with Crippen LogP contribution in [0.3, 0.4) is 0 Å². The van der Waals surface area contributed by atoms with Crippen LogP contribution in [0.15, 0.2) is 66.3 Å². The normalized spacial score (nSPS) is 10.9. The molecule has 0 radical (unpaired) electrons. The third-order valence-electron chi connectivity index (χ3n) is 4.43. The monoisotopic (exact) mass is 451 g/mol. The topological polar surface area (TPSA) is 81.9 Å². The van der Waals surface area contributed by atoms with E-state index in [-0.39, 0.29) is 18.3 Å². The van der Waals surface area contributed by atoms with E-state index in [0.29, 0.717) is 22.7 Å². The van der Waals surface area contributed by atoms with Crippen molar-refractivity contribution in [2.24, 2.45) is 0 Å². The van der Waals surface area contributed by atoms with Gasteiger partial charge in [-0.3, -0.25) is 9.36 Å². The lowest BCUT2D eigenvalue weighted by molar-refractivity contribution is -0.113. The Bertz CT molecular complexity index is 1180. The summed E-state index contributed by atoms with van der Waals surface area (Å²) in [6.45, 7) is 6.62. The number of benzene rings is 2. The summed E-state index contributed by atoms with van der Waals surface area (Å²) >= 11 is 2.77. The Morgan fingerprint density at radius 2 is 2.03 bits per heavy atom.